The molecular weight excluding hydrogens is 236 g/mol. The Morgan fingerprint density at radius 2 is 1.95 bits per heavy atom. The molecule has 1 heterocycles. The van der Waals surface area contributed by atoms with Crippen LogP contribution in [0.15, 0.2) is 24.3 Å². The summed E-state index contributed by atoms with van der Waals surface area (Å²) in [6.07, 6.45) is 2.17. The molecule has 3 nitrogen and oxygen atoms in total. The molecule has 0 spiro atoms. The first-order valence-corrected chi connectivity index (χ1v) is 7.16. The van der Waals surface area contributed by atoms with Crippen LogP contribution in [0.2, 0.25) is 0 Å². The first kappa shape index (κ1) is 14.5. The largest absolute Gasteiger partial charge is 0.381 e. The molecule has 0 aliphatic carbocycles. The third-order valence-electron chi connectivity index (χ3n) is 4.29. The molecule has 0 unspecified atom stereocenters. The molecular formula is C16H26N2O. The summed E-state index contributed by atoms with van der Waals surface area (Å²) < 4.78 is 5.47. The van der Waals surface area contributed by atoms with Crippen LogP contribution >= 0.6 is 0 Å². The highest BCUT2D eigenvalue weighted by Gasteiger charge is 2.32. The molecule has 106 valence electrons. The second kappa shape index (κ2) is 6.51. The van der Waals surface area contributed by atoms with Crippen LogP contribution < -0.4 is 5.73 Å². The molecule has 0 radical (unpaired) electrons. The van der Waals surface area contributed by atoms with Gasteiger partial charge in [-0.25, -0.2) is 0 Å². The van der Waals surface area contributed by atoms with Crippen molar-refractivity contribution in [2.75, 3.05) is 33.4 Å². The molecule has 0 atom stereocenters. The number of benzene rings is 1. The van der Waals surface area contributed by atoms with E-state index in [1.54, 1.807) is 0 Å². The molecule has 2 rings (SSSR count). The fourth-order valence-corrected chi connectivity index (χ4v) is 2.94. The van der Waals surface area contributed by atoms with Gasteiger partial charge in [-0.05, 0) is 49.9 Å². The molecule has 0 aromatic heterocycles. The molecule has 1 aromatic carbocycles. The minimum Gasteiger partial charge on any atom is -0.381 e. The fourth-order valence-electron chi connectivity index (χ4n) is 2.94. The molecule has 1 saturated heterocycles. The maximum Gasteiger partial charge on any atom is 0.0472 e. The molecule has 0 saturated carbocycles. The predicted molar refractivity (Wildman–Crippen MR) is 79.1 cm³/mol. The quantitative estimate of drug-likeness (QED) is 0.884. The van der Waals surface area contributed by atoms with Gasteiger partial charge >= 0.3 is 0 Å². The lowest BCUT2D eigenvalue weighted by Gasteiger charge is -2.39. The van der Waals surface area contributed by atoms with Crippen molar-refractivity contribution < 1.29 is 4.74 Å². The first-order valence-electron chi connectivity index (χ1n) is 7.16. The Bertz CT molecular complexity index is 399. The van der Waals surface area contributed by atoms with Crippen molar-refractivity contribution in [1.82, 2.24) is 4.90 Å². The summed E-state index contributed by atoms with van der Waals surface area (Å²) in [5.41, 5.74) is 9.04. The minimum absolute atomic E-state index is 0.246. The minimum atomic E-state index is 0.246. The van der Waals surface area contributed by atoms with E-state index in [0.717, 1.165) is 45.7 Å². The van der Waals surface area contributed by atoms with E-state index in [2.05, 4.69) is 43.1 Å². The van der Waals surface area contributed by atoms with Gasteiger partial charge in [0.2, 0.25) is 0 Å². The first-order chi connectivity index (χ1) is 9.15. The molecule has 1 fully saturated rings. The number of hydrogen-bond donors (Lipinski definition) is 1. The van der Waals surface area contributed by atoms with Gasteiger partial charge in [0.15, 0.2) is 0 Å². The molecule has 2 N–H and O–H groups in total. The van der Waals surface area contributed by atoms with Gasteiger partial charge < -0.3 is 15.4 Å². The SMILES string of the molecule is Cc1ccccc1CN(C)CC1(CN)CCOCC1. The van der Waals surface area contributed by atoms with E-state index < -0.39 is 0 Å². The summed E-state index contributed by atoms with van der Waals surface area (Å²) >= 11 is 0. The Balaban J connectivity index is 1.96. The number of rotatable bonds is 5. The Hall–Kier alpha value is -0.900. The predicted octanol–water partition coefficient (Wildman–Crippen LogP) is 2.18. The average Bonchev–Trinajstić information content (AvgIpc) is 2.42. The van der Waals surface area contributed by atoms with E-state index in [-0.39, 0.29) is 5.41 Å². The maximum atomic E-state index is 6.03. The van der Waals surface area contributed by atoms with E-state index in [1.807, 2.05) is 0 Å². The lowest BCUT2D eigenvalue weighted by molar-refractivity contribution is 0.00265. The van der Waals surface area contributed by atoms with Crippen LogP contribution in [0.1, 0.15) is 24.0 Å². The zero-order valence-corrected chi connectivity index (χ0v) is 12.2. The van der Waals surface area contributed by atoms with Gasteiger partial charge in [0.05, 0.1) is 0 Å². The summed E-state index contributed by atoms with van der Waals surface area (Å²) in [6.45, 7) is 6.70. The number of nitrogens with zero attached hydrogens (tertiary/aromatic N) is 1. The molecule has 1 aliphatic rings. The standard InChI is InChI=1S/C16H26N2O/c1-14-5-3-4-6-15(14)11-18(2)13-16(12-17)7-9-19-10-8-16/h3-6H,7-13,17H2,1-2H3. The van der Waals surface area contributed by atoms with Crippen molar-refractivity contribution in [1.29, 1.82) is 0 Å². The summed E-state index contributed by atoms with van der Waals surface area (Å²) in [4.78, 5) is 2.40. The van der Waals surface area contributed by atoms with Crippen molar-refractivity contribution in [2.45, 2.75) is 26.3 Å². The van der Waals surface area contributed by atoms with Crippen molar-refractivity contribution >= 4 is 0 Å². The highest BCUT2D eigenvalue weighted by atomic mass is 16.5. The molecule has 1 aliphatic heterocycles. The van der Waals surface area contributed by atoms with Crippen LogP contribution in [-0.4, -0.2) is 38.3 Å². The van der Waals surface area contributed by atoms with Gasteiger partial charge in [0.1, 0.15) is 0 Å². The Morgan fingerprint density at radius 1 is 1.26 bits per heavy atom. The zero-order valence-electron chi connectivity index (χ0n) is 12.2. The van der Waals surface area contributed by atoms with E-state index in [1.165, 1.54) is 11.1 Å². The third kappa shape index (κ3) is 3.78. The molecule has 0 amide bonds. The summed E-state index contributed by atoms with van der Waals surface area (Å²) in [5, 5.41) is 0. The van der Waals surface area contributed by atoms with Crippen LogP contribution in [0.3, 0.4) is 0 Å². The van der Waals surface area contributed by atoms with E-state index >= 15 is 0 Å². The fraction of sp³-hybridized carbons (Fsp3) is 0.625. The van der Waals surface area contributed by atoms with Gasteiger partial charge in [-0.3, -0.25) is 0 Å². The topological polar surface area (TPSA) is 38.5 Å². The normalized spacial score (nSPS) is 18.7. The van der Waals surface area contributed by atoms with Crippen LogP contribution in [0.4, 0.5) is 0 Å². The number of ether oxygens (including phenoxy) is 1. The molecule has 19 heavy (non-hydrogen) atoms. The summed E-state index contributed by atoms with van der Waals surface area (Å²) in [6, 6.07) is 8.60. The maximum absolute atomic E-state index is 6.03. The molecule has 1 aromatic rings. The van der Waals surface area contributed by atoms with Gasteiger partial charge in [-0.2, -0.15) is 0 Å². The van der Waals surface area contributed by atoms with E-state index in [0.29, 0.717) is 0 Å². The third-order valence-corrected chi connectivity index (χ3v) is 4.29. The van der Waals surface area contributed by atoms with E-state index in [9.17, 15) is 0 Å². The molecule has 3 heteroatoms. The van der Waals surface area contributed by atoms with E-state index in [4.69, 9.17) is 10.5 Å². The highest BCUT2D eigenvalue weighted by molar-refractivity contribution is 5.25. The van der Waals surface area contributed by atoms with Crippen molar-refractivity contribution in [3.8, 4) is 0 Å². The zero-order chi connectivity index (χ0) is 13.7. The van der Waals surface area contributed by atoms with Gasteiger partial charge in [0, 0.05) is 26.3 Å². The molecule has 0 bridgehead atoms. The number of nitrogens with two attached hydrogens (primary N) is 1. The Morgan fingerprint density at radius 3 is 2.58 bits per heavy atom. The van der Waals surface area contributed by atoms with Crippen molar-refractivity contribution in [2.24, 2.45) is 11.1 Å². The Kier molecular flexibility index (Phi) is 4.97. The van der Waals surface area contributed by atoms with Crippen LogP contribution in [0.25, 0.3) is 0 Å². The van der Waals surface area contributed by atoms with Crippen LogP contribution in [0.5, 0.6) is 0 Å². The van der Waals surface area contributed by atoms with Gasteiger partial charge in [-0.1, -0.05) is 24.3 Å². The average molecular weight is 262 g/mol. The summed E-state index contributed by atoms with van der Waals surface area (Å²) in [5.74, 6) is 0. The lowest BCUT2D eigenvalue weighted by Crippen LogP contribution is -2.44. The van der Waals surface area contributed by atoms with Crippen molar-refractivity contribution in [3.63, 3.8) is 0 Å². The summed E-state index contributed by atoms with van der Waals surface area (Å²) in [7, 11) is 2.19. The lowest BCUT2D eigenvalue weighted by atomic mass is 9.80. The Labute approximate surface area is 116 Å². The van der Waals surface area contributed by atoms with Crippen LogP contribution in [0, 0.1) is 12.3 Å². The van der Waals surface area contributed by atoms with Crippen LogP contribution in [-0.2, 0) is 11.3 Å². The second-order valence-corrected chi connectivity index (χ2v) is 5.92. The van der Waals surface area contributed by atoms with Crippen molar-refractivity contribution in [3.05, 3.63) is 35.4 Å². The second-order valence-electron chi connectivity index (χ2n) is 5.92. The number of aryl methyl sites for hydroxylation is 1. The monoisotopic (exact) mass is 262 g/mol. The smallest absolute Gasteiger partial charge is 0.0472 e. The number of hydrogen-bond acceptors (Lipinski definition) is 3. The van der Waals surface area contributed by atoms with Gasteiger partial charge in [-0.15, -0.1) is 0 Å². The highest BCUT2D eigenvalue weighted by Crippen LogP contribution is 2.30. The van der Waals surface area contributed by atoms with Gasteiger partial charge in [0.25, 0.3) is 0 Å².